The van der Waals surface area contributed by atoms with Crippen molar-refractivity contribution >= 4 is 39.1 Å². The zero-order valence-electron chi connectivity index (χ0n) is 19.3. The highest BCUT2D eigenvalue weighted by atomic mass is 35.5. The lowest BCUT2D eigenvalue weighted by Crippen LogP contribution is -2.51. The van der Waals surface area contributed by atoms with E-state index in [0.717, 1.165) is 17.0 Å². The Morgan fingerprint density at radius 2 is 1.88 bits per heavy atom. The lowest BCUT2D eigenvalue weighted by molar-refractivity contribution is -0.139. The molecular formula is C23H28ClN3O6S. The van der Waals surface area contributed by atoms with E-state index in [1.54, 1.807) is 43.3 Å². The quantitative estimate of drug-likeness (QED) is 0.528. The number of hydrogen-bond donors (Lipinski definition) is 1. The summed E-state index contributed by atoms with van der Waals surface area (Å²) in [4.78, 5) is 27.5. The van der Waals surface area contributed by atoms with Gasteiger partial charge in [0.2, 0.25) is 28.6 Å². The van der Waals surface area contributed by atoms with Crippen LogP contribution in [-0.2, 0) is 26.2 Å². The van der Waals surface area contributed by atoms with E-state index >= 15 is 0 Å². The van der Waals surface area contributed by atoms with Gasteiger partial charge in [0.25, 0.3) is 0 Å². The number of amides is 2. The number of rotatable bonds is 10. The van der Waals surface area contributed by atoms with E-state index in [9.17, 15) is 18.0 Å². The monoisotopic (exact) mass is 509 g/mol. The topological polar surface area (TPSA) is 105 Å². The van der Waals surface area contributed by atoms with Gasteiger partial charge in [-0.05, 0) is 43.2 Å². The van der Waals surface area contributed by atoms with Crippen LogP contribution in [0.4, 0.5) is 5.69 Å². The summed E-state index contributed by atoms with van der Waals surface area (Å²) in [6.45, 7) is 3.63. The number of anilines is 1. The van der Waals surface area contributed by atoms with Gasteiger partial charge < -0.3 is 19.7 Å². The molecule has 0 fully saturated rings. The molecule has 1 atom stereocenters. The Kier molecular flexibility index (Phi) is 8.27. The fourth-order valence-electron chi connectivity index (χ4n) is 3.46. The van der Waals surface area contributed by atoms with Gasteiger partial charge in [-0.1, -0.05) is 30.7 Å². The Bertz CT molecular complexity index is 1160. The molecule has 1 aliphatic heterocycles. The second-order valence-electron chi connectivity index (χ2n) is 7.93. The number of benzene rings is 2. The van der Waals surface area contributed by atoms with Crippen LogP contribution in [0.1, 0.15) is 25.8 Å². The van der Waals surface area contributed by atoms with Crippen molar-refractivity contribution < 1.29 is 27.5 Å². The molecule has 11 heteroatoms. The van der Waals surface area contributed by atoms with E-state index in [1.165, 1.54) is 11.0 Å². The van der Waals surface area contributed by atoms with Crippen molar-refractivity contribution in [1.29, 1.82) is 0 Å². The first-order valence-corrected chi connectivity index (χ1v) is 13.0. The molecule has 0 spiro atoms. The number of ether oxygens (including phenoxy) is 2. The second-order valence-corrected chi connectivity index (χ2v) is 10.3. The predicted octanol–water partition coefficient (Wildman–Crippen LogP) is 2.78. The molecule has 1 unspecified atom stereocenters. The Hall–Kier alpha value is -2.98. The molecule has 0 aliphatic carbocycles. The first kappa shape index (κ1) is 25.6. The maximum Gasteiger partial charge on any atom is 0.244 e. The van der Waals surface area contributed by atoms with Gasteiger partial charge in [-0.25, -0.2) is 8.42 Å². The smallest absolute Gasteiger partial charge is 0.244 e. The van der Waals surface area contributed by atoms with Gasteiger partial charge >= 0.3 is 0 Å². The summed E-state index contributed by atoms with van der Waals surface area (Å²) in [5, 5.41) is 3.28. The molecule has 34 heavy (non-hydrogen) atoms. The van der Waals surface area contributed by atoms with Gasteiger partial charge in [-0.2, -0.15) is 0 Å². The van der Waals surface area contributed by atoms with E-state index in [-0.39, 0.29) is 24.9 Å². The number of carbonyl (C=O) groups excluding carboxylic acids is 2. The maximum atomic E-state index is 13.5. The number of nitrogens with one attached hydrogen (secondary N) is 1. The minimum atomic E-state index is -3.84. The van der Waals surface area contributed by atoms with Crippen molar-refractivity contribution in [3.63, 3.8) is 0 Å². The third kappa shape index (κ3) is 6.32. The highest BCUT2D eigenvalue weighted by Gasteiger charge is 2.30. The normalized spacial score (nSPS) is 13.3. The zero-order valence-corrected chi connectivity index (χ0v) is 20.9. The third-order valence-electron chi connectivity index (χ3n) is 5.28. The van der Waals surface area contributed by atoms with Crippen molar-refractivity contribution in [3.8, 4) is 11.5 Å². The molecule has 1 heterocycles. The van der Waals surface area contributed by atoms with Crippen LogP contribution in [0.25, 0.3) is 0 Å². The van der Waals surface area contributed by atoms with Crippen molar-refractivity contribution in [2.75, 3.05) is 30.4 Å². The molecule has 1 aliphatic rings. The molecule has 2 aromatic rings. The molecule has 1 N–H and O–H groups in total. The molecule has 9 nitrogen and oxygen atoms in total. The van der Waals surface area contributed by atoms with E-state index in [4.69, 9.17) is 21.1 Å². The van der Waals surface area contributed by atoms with Crippen LogP contribution in [0.3, 0.4) is 0 Å². The van der Waals surface area contributed by atoms with Gasteiger partial charge in [0.1, 0.15) is 12.6 Å². The zero-order chi connectivity index (χ0) is 24.9. The fourth-order valence-corrected chi connectivity index (χ4v) is 4.52. The predicted molar refractivity (Wildman–Crippen MR) is 130 cm³/mol. The maximum absolute atomic E-state index is 13.5. The number of fused-ring (bicyclic) bond motifs is 1. The summed E-state index contributed by atoms with van der Waals surface area (Å²) in [7, 11) is -3.84. The summed E-state index contributed by atoms with van der Waals surface area (Å²) < 4.78 is 36.9. The highest BCUT2D eigenvalue weighted by molar-refractivity contribution is 7.92. The summed E-state index contributed by atoms with van der Waals surface area (Å²) in [6, 6.07) is 10.7. The molecule has 0 aromatic heterocycles. The Morgan fingerprint density at radius 1 is 1.15 bits per heavy atom. The summed E-state index contributed by atoms with van der Waals surface area (Å²) >= 11 is 6.10. The van der Waals surface area contributed by atoms with Crippen molar-refractivity contribution in [2.45, 2.75) is 32.9 Å². The molecule has 2 aromatic carbocycles. The van der Waals surface area contributed by atoms with E-state index in [0.29, 0.717) is 28.6 Å². The first-order valence-electron chi connectivity index (χ1n) is 10.8. The standard InChI is InChI=1S/C23H28ClN3O6S/c1-4-10-25-23(29)16(2)26(13-17-6-5-7-18(24)11-17)22(28)14-27(34(3,30)31)19-8-9-20-21(12-19)33-15-32-20/h5-9,11-12,16H,4,10,13-15H2,1-3H3,(H,25,29). The van der Waals surface area contributed by atoms with E-state index in [2.05, 4.69) is 5.32 Å². The molecule has 0 radical (unpaired) electrons. The SMILES string of the molecule is CCCNC(=O)C(C)N(Cc1cccc(Cl)c1)C(=O)CN(c1ccc2c(c1)OCO2)S(C)(=O)=O. The molecule has 0 saturated heterocycles. The Morgan fingerprint density at radius 3 is 2.56 bits per heavy atom. The van der Waals surface area contributed by atoms with Crippen molar-refractivity contribution in [2.24, 2.45) is 0 Å². The number of carbonyl (C=O) groups is 2. The van der Waals surface area contributed by atoms with Crippen LogP contribution in [0.15, 0.2) is 42.5 Å². The van der Waals surface area contributed by atoms with Crippen LogP contribution >= 0.6 is 11.6 Å². The van der Waals surface area contributed by atoms with Gasteiger partial charge in [-0.3, -0.25) is 13.9 Å². The van der Waals surface area contributed by atoms with Gasteiger partial charge in [0.05, 0.1) is 11.9 Å². The molecule has 184 valence electrons. The van der Waals surface area contributed by atoms with E-state index < -0.39 is 28.5 Å². The molecule has 0 saturated carbocycles. The lowest BCUT2D eigenvalue weighted by Gasteiger charge is -2.31. The Labute approximate surface area is 204 Å². The van der Waals surface area contributed by atoms with Crippen LogP contribution in [0, 0.1) is 0 Å². The second kappa shape index (κ2) is 11.0. The average molecular weight is 510 g/mol. The first-order chi connectivity index (χ1) is 16.1. The Balaban J connectivity index is 1.90. The summed E-state index contributed by atoms with van der Waals surface area (Å²) in [5.74, 6) is 0.0162. The van der Waals surface area contributed by atoms with Crippen LogP contribution in [0.5, 0.6) is 11.5 Å². The van der Waals surface area contributed by atoms with Gasteiger partial charge in [-0.15, -0.1) is 0 Å². The van der Waals surface area contributed by atoms with E-state index in [1.807, 2.05) is 6.92 Å². The molecule has 2 amide bonds. The molecule has 0 bridgehead atoms. The minimum Gasteiger partial charge on any atom is -0.454 e. The average Bonchev–Trinajstić information content (AvgIpc) is 3.26. The lowest BCUT2D eigenvalue weighted by atomic mass is 10.1. The largest absolute Gasteiger partial charge is 0.454 e. The third-order valence-corrected chi connectivity index (χ3v) is 6.66. The highest BCUT2D eigenvalue weighted by Crippen LogP contribution is 2.36. The van der Waals surface area contributed by atoms with Gasteiger partial charge in [0.15, 0.2) is 11.5 Å². The summed E-state index contributed by atoms with van der Waals surface area (Å²) in [6.07, 6.45) is 1.76. The number of halogens is 1. The van der Waals surface area contributed by atoms with Crippen LogP contribution < -0.4 is 19.1 Å². The van der Waals surface area contributed by atoms with Gasteiger partial charge in [0, 0.05) is 24.2 Å². The number of hydrogen-bond acceptors (Lipinski definition) is 6. The molecular weight excluding hydrogens is 482 g/mol. The van der Waals surface area contributed by atoms with Crippen molar-refractivity contribution in [1.82, 2.24) is 10.2 Å². The number of nitrogens with zero attached hydrogens (tertiary/aromatic N) is 2. The number of sulfonamides is 1. The van der Waals surface area contributed by atoms with Crippen LogP contribution in [0.2, 0.25) is 5.02 Å². The van der Waals surface area contributed by atoms with Crippen molar-refractivity contribution in [3.05, 3.63) is 53.1 Å². The minimum absolute atomic E-state index is 0.0361. The molecule has 3 rings (SSSR count). The fraction of sp³-hybridized carbons (Fsp3) is 0.391. The summed E-state index contributed by atoms with van der Waals surface area (Å²) in [5.41, 5.74) is 0.968. The van der Waals surface area contributed by atoms with Crippen LogP contribution in [-0.4, -0.2) is 57.3 Å².